The molecule has 0 aromatic heterocycles. The molecular weight excluding hydrogens is 225 g/mol. The third-order valence-corrected chi connectivity index (χ3v) is 1.69. The van der Waals surface area contributed by atoms with Gasteiger partial charge in [0.05, 0.1) is 12.3 Å². The Bertz CT molecular complexity index is 307. The van der Waals surface area contributed by atoms with Gasteiger partial charge in [-0.1, -0.05) is 23.2 Å². The normalized spacial score (nSPS) is 9.57. The Kier molecular flexibility index (Phi) is 4.59. The third-order valence-electron chi connectivity index (χ3n) is 1.38. The van der Waals surface area contributed by atoms with Crippen LogP contribution in [0.4, 0.5) is 5.69 Å². The van der Waals surface area contributed by atoms with Crippen molar-refractivity contribution >= 4 is 28.9 Å². The summed E-state index contributed by atoms with van der Waals surface area (Å²) in [4.78, 5) is 4.99. The summed E-state index contributed by atoms with van der Waals surface area (Å²) < 4.78 is 0.164. The lowest BCUT2D eigenvalue weighted by Crippen LogP contribution is -2.00. The zero-order valence-electron chi connectivity index (χ0n) is 7.21. The van der Waals surface area contributed by atoms with Crippen molar-refractivity contribution in [3.63, 3.8) is 0 Å². The van der Waals surface area contributed by atoms with E-state index in [0.29, 0.717) is 0 Å². The van der Waals surface area contributed by atoms with Crippen LogP contribution in [0.5, 0.6) is 5.75 Å². The Balaban J connectivity index is 2.32. The highest BCUT2D eigenvalue weighted by molar-refractivity contribution is 6.55. The maximum atomic E-state index is 8.99. The van der Waals surface area contributed by atoms with Crippen LogP contribution in [-0.4, -0.2) is 11.7 Å². The minimum absolute atomic E-state index is 0.164. The Morgan fingerprint density at radius 3 is 2.57 bits per heavy atom. The lowest BCUT2D eigenvalue weighted by atomic mass is 10.3. The standard InChI is InChI=1S/C9H9Cl2NO2/c10-9(11)5-6-14-12-7-1-3-8(13)4-2-7/h1-5,12-13H,6H2. The van der Waals surface area contributed by atoms with E-state index >= 15 is 0 Å². The van der Waals surface area contributed by atoms with Crippen molar-refractivity contribution in [2.24, 2.45) is 0 Å². The largest absolute Gasteiger partial charge is 0.508 e. The highest BCUT2D eigenvalue weighted by Crippen LogP contribution is 2.13. The molecule has 0 radical (unpaired) electrons. The number of anilines is 1. The van der Waals surface area contributed by atoms with Crippen LogP contribution in [-0.2, 0) is 4.84 Å². The lowest BCUT2D eigenvalue weighted by molar-refractivity contribution is 0.228. The van der Waals surface area contributed by atoms with Crippen molar-refractivity contribution in [1.29, 1.82) is 0 Å². The second-order valence-corrected chi connectivity index (χ2v) is 3.46. The van der Waals surface area contributed by atoms with Crippen molar-refractivity contribution < 1.29 is 9.94 Å². The molecule has 0 aliphatic rings. The topological polar surface area (TPSA) is 41.5 Å². The number of phenolic OH excluding ortho intramolecular Hbond substituents is 1. The fourth-order valence-corrected chi connectivity index (χ4v) is 0.885. The number of halogens is 2. The van der Waals surface area contributed by atoms with Crippen LogP contribution in [0, 0.1) is 0 Å². The number of benzene rings is 1. The van der Waals surface area contributed by atoms with E-state index in [1.165, 1.54) is 6.08 Å². The molecule has 5 heteroatoms. The summed E-state index contributed by atoms with van der Waals surface area (Å²) in [6.07, 6.45) is 1.51. The van der Waals surface area contributed by atoms with E-state index in [1.807, 2.05) is 0 Å². The molecule has 3 nitrogen and oxygen atoms in total. The van der Waals surface area contributed by atoms with Gasteiger partial charge in [0, 0.05) is 0 Å². The van der Waals surface area contributed by atoms with Crippen LogP contribution >= 0.6 is 23.2 Å². The monoisotopic (exact) mass is 233 g/mol. The number of nitrogens with one attached hydrogen (secondary N) is 1. The molecule has 76 valence electrons. The Morgan fingerprint density at radius 1 is 1.36 bits per heavy atom. The molecule has 0 aliphatic carbocycles. The number of hydrogen-bond acceptors (Lipinski definition) is 3. The second-order valence-electron chi connectivity index (χ2n) is 2.45. The number of rotatable bonds is 4. The molecule has 0 saturated heterocycles. The number of hydrogen-bond donors (Lipinski definition) is 2. The SMILES string of the molecule is Oc1ccc(NOCC=C(Cl)Cl)cc1. The van der Waals surface area contributed by atoms with Gasteiger partial charge in [-0.2, -0.15) is 0 Å². The number of aromatic hydroxyl groups is 1. The van der Waals surface area contributed by atoms with Crippen molar-refractivity contribution in [3.8, 4) is 5.75 Å². The molecule has 1 aromatic carbocycles. The summed E-state index contributed by atoms with van der Waals surface area (Å²) in [5, 5.41) is 8.99. The predicted octanol–water partition coefficient (Wildman–Crippen LogP) is 3.05. The highest BCUT2D eigenvalue weighted by Gasteiger charge is 1.91. The number of phenols is 1. The summed E-state index contributed by atoms with van der Waals surface area (Å²) >= 11 is 10.7. The summed E-state index contributed by atoms with van der Waals surface area (Å²) in [6.45, 7) is 0.267. The first-order valence-corrected chi connectivity index (χ1v) is 4.62. The summed E-state index contributed by atoms with van der Waals surface area (Å²) in [5.74, 6) is 0.208. The van der Waals surface area contributed by atoms with Gasteiger partial charge < -0.3 is 5.11 Å². The van der Waals surface area contributed by atoms with Crippen molar-refractivity contribution in [2.45, 2.75) is 0 Å². The van der Waals surface area contributed by atoms with Gasteiger partial charge in [-0.3, -0.25) is 10.3 Å². The first-order valence-electron chi connectivity index (χ1n) is 3.86. The molecule has 0 aliphatic heterocycles. The van der Waals surface area contributed by atoms with E-state index in [-0.39, 0.29) is 16.8 Å². The molecule has 0 bridgehead atoms. The molecule has 0 unspecified atom stereocenters. The van der Waals surface area contributed by atoms with Crippen LogP contribution < -0.4 is 5.48 Å². The molecule has 0 heterocycles. The smallest absolute Gasteiger partial charge is 0.115 e. The third kappa shape index (κ3) is 4.37. The molecule has 0 fully saturated rings. The quantitative estimate of drug-likeness (QED) is 0.478. The first kappa shape index (κ1) is 11.2. The average molecular weight is 234 g/mol. The molecule has 0 saturated carbocycles. The fraction of sp³-hybridized carbons (Fsp3) is 0.111. The zero-order chi connectivity index (χ0) is 10.4. The second kappa shape index (κ2) is 5.75. The maximum absolute atomic E-state index is 8.99. The fourth-order valence-electron chi connectivity index (χ4n) is 0.759. The van der Waals surface area contributed by atoms with Gasteiger partial charge in [0.2, 0.25) is 0 Å². The van der Waals surface area contributed by atoms with Crippen LogP contribution in [0.25, 0.3) is 0 Å². The van der Waals surface area contributed by atoms with Crippen LogP contribution in [0.15, 0.2) is 34.8 Å². The van der Waals surface area contributed by atoms with Crippen molar-refractivity contribution in [2.75, 3.05) is 12.1 Å². The van der Waals surface area contributed by atoms with Gasteiger partial charge >= 0.3 is 0 Å². The molecule has 0 amide bonds. The van der Waals surface area contributed by atoms with Crippen LogP contribution in [0.3, 0.4) is 0 Å². The minimum atomic E-state index is 0.164. The van der Waals surface area contributed by atoms with Gasteiger partial charge in [-0.25, -0.2) is 0 Å². The van der Waals surface area contributed by atoms with Gasteiger partial charge in [-0.05, 0) is 30.3 Å². The summed E-state index contributed by atoms with van der Waals surface area (Å²) in [6, 6.07) is 6.47. The molecule has 0 spiro atoms. The zero-order valence-corrected chi connectivity index (χ0v) is 8.72. The molecule has 2 N–H and O–H groups in total. The van der Waals surface area contributed by atoms with E-state index in [0.717, 1.165) is 5.69 Å². The Labute approximate surface area is 91.9 Å². The maximum Gasteiger partial charge on any atom is 0.115 e. The predicted molar refractivity (Wildman–Crippen MR) is 57.5 cm³/mol. The molecule has 14 heavy (non-hydrogen) atoms. The van der Waals surface area contributed by atoms with E-state index in [1.54, 1.807) is 24.3 Å². The average Bonchev–Trinajstić information content (AvgIpc) is 2.15. The van der Waals surface area contributed by atoms with Gasteiger partial charge in [-0.15, -0.1) is 0 Å². The van der Waals surface area contributed by atoms with Gasteiger partial charge in [0.15, 0.2) is 0 Å². The molecule has 1 aromatic rings. The van der Waals surface area contributed by atoms with E-state index in [9.17, 15) is 0 Å². The van der Waals surface area contributed by atoms with Crippen molar-refractivity contribution in [1.82, 2.24) is 0 Å². The van der Waals surface area contributed by atoms with E-state index in [2.05, 4.69) is 5.48 Å². The minimum Gasteiger partial charge on any atom is -0.508 e. The highest BCUT2D eigenvalue weighted by atomic mass is 35.5. The Hall–Kier alpha value is -0.900. The molecular formula is C9H9Cl2NO2. The van der Waals surface area contributed by atoms with Crippen molar-refractivity contribution in [3.05, 3.63) is 34.8 Å². The lowest BCUT2D eigenvalue weighted by Gasteiger charge is -2.04. The van der Waals surface area contributed by atoms with Gasteiger partial charge in [0.25, 0.3) is 0 Å². The summed E-state index contributed by atoms with van der Waals surface area (Å²) in [5.41, 5.74) is 3.39. The van der Waals surface area contributed by atoms with Crippen LogP contribution in [0.1, 0.15) is 0 Å². The summed E-state index contributed by atoms with van der Waals surface area (Å²) in [7, 11) is 0. The molecule has 0 atom stereocenters. The molecule has 1 rings (SSSR count). The van der Waals surface area contributed by atoms with Crippen LogP contribution in [0.2, 0.25) is 0 Å². The van der Waals surface area contributed by atoms with E-state index < -0.39 is 0 Å². The van der Waals surface area contributed by atoms with Gasteiger partial charge in [0.1, 0.15) is 10.2 Å². The first-order chi connectivity index (χ1) is 6.68. The Morgan fingerprint density at radius 2 is 2.00 bits per heavy atom. The van der Waals surface area contributed by atoms with E-state index in [4.69, 9.17) is 33.1 Å².